The van der Waals surface area contributed by atoms with Crippen LogP contribution in [-0.2, 0) is 6.54 Å². The molecule has 2 heterocycles. The number of benzene rings is 2. The van der Waals surface area contributed by atoms with Crippen LogP contribution >= 0.6 is 28.1 Å². The van der Waals surface area contributed by atoms with Gasteiger partial charge in [0.25, 0.3) is 0 Å². The highest BCUT2D eigenvalue weighted by molar-refractivity contribution is 9.10. The second-order valence-electron chi connectivity index (χ2n) is 6.77. The van der Waals surface area contributed by atoms with Gasteiger partial charge in [0.15, 0.2) is 5.11 Å². The molecule has 0 amide bonds. The summed E-state index contributed by atoms with van der Waals surface area (Å²) in [5, 5.41) is 4.06. The van der Waals surface area contributed by atoms with Crippen LogP contribution in [0.4, 0.5) is 5.69 Å². The van der Waals surface area contributed by atoms with Crippen LogP contribution in [0.1, 0.15) is 17.3 Å². The van der Waals surface area contributed by atoms with E-state index in [4.69, 9.17) is 21.7 Å². The fourth-order valence-electron chi connectivity index (χ4n) is 3.74. The number of anilines is 1. The van der Waals surface area contributed by atoms with Gasteiger partial charge in [0, 0.05) is 40.7 Å². The first-order chi connectivity index (χ1) is 14.1. The molecule has 0 unspecified atom stereocenters. The first kappa shape index (κ1) is 19.8. The van der Waals surface area contributed by atoms with E-state index in [1.54, 1.807) is 14.2 Å². The van der Waals surface area contributed by atoms with Gasteiger partial charge in [0.05, 0.1) is 14.2 Å². The Morgan fingerprint density at radius 1 is 1.07 bits per heavy atom. The Morgan fingerprint density at radius 2 is 1.93 bits per heavy atom. The van der Waals surface area contributed by atoms with Gasteiger partial charge >= 0.3 is 0 Å². The molecule has 0 radical (unpaired) electrons. The minimum atomic E-state index is -0.0871. The summed E-state index contributed by atoms with van der Waals surface area (Å²) in [5.41, 5.74) is 3.13. The van der Waals surface area contributed by atoms with E-state index in [0.717, 1.165) is 40.3 Å². The Bertz CT molecular complexity index is 1040. The number of aromatic nitrogens is 1. The number of halogens is 1. The van der Waals surface area contributed by atoms with E-state index in [0.29, 0.717) is 5.11 Å². The Hall–Kier alpha value is -2.51. The second kappa shape index (κ2) is 8.47. The van der Waals surface area contributed by atoms with Crippen LogP contribution in [0.3, 0.4) is 0 Å². The molecule has 7 heteroatoms. The summed E-state index contributed by atoms with van der Waals surface area (Å²) in [6.07, 6.45) is 2.11. The zero-order valence-corrected chi connectivity index (χ0v) is 18.7. The summed E-state index contributed by atoms with van der Waals surface area (Å²) in [7, 11) is 3.36. The Balaban J connectivity index is 1.75. The van der Waals surface area contributed by atoms with Crippen molar-refractivity contribution >= 4 is 38.9 Å². The third-order valence-corrected chi connectivity index (χ3v) is 5.94. The summed E-state index contributed by atoms with van der Waals surface area (Å²) in [6.45, 7) is 1.65. The standard InChI is InChI=1S/C22H22BrN3O2S/c1-27-17-8-9-20(28-2)18(14-17)21-19-7-4-10-25(19)11-12-26(21)22(29)24-16-6-3-5-15(23)13-16/h3-10,13-14,21H,11-12H2,1-2H3,(H,24,29)/t21-/m1/s1. The monoisotopic (exact) mass is 471 g/mol. The molecule has 2 aromatic carbocycles. The van der Waals surface area contributed by atoms with E-state index >= 15 is 0 Å². The highest BCUT2D eigenvalue weighted by Gasteiger charge is 2.33. The van der Waals surface area contributed by atoms with Crippen molar-refractivity contribution in [2.75, 3.05) is 26.1 Å². The fourth-order valence-corrected chi connectivity index (χ4v) is 4.46. The van der Waals surface area contributed by atoms with Crippen LogP contribution in [-0.4, -0.2) is 35.3 Å². The first-order valence-electron chi connectivity index (χ1n) is 9.31. The lowest BCUT2D eigenvalue weighted by atomic mass is 9.99. The van der Waals surface area contributed by atoms with Crippen LogP contribution in [0.25, 0.3) is 0 Å². The molecular formula is C22H22BrN3O2S. The van der Waals surface area contributed by atoms with Crippen molar-refractivity contribution in [3.8, 4) is 11.5 Å². The predicted molar refractivity (Wildman–Crippen MR) is 123 cm³/mol. The van der Waals surface area contributed by atoms with Crippen molar-refractivity contribution in [3.63, 3.8) is 0 Å². The van der Waals surface area contributed by atoms with E-state index in [1.165, 1.54) is 5.69 Å². The zero-order chi connectivity index (χ0) is 20.4. The predicted octanol–water partition coefficient (Wildman–Crippen LogP) is 5.07. The Labute approximate surface area is 184 Å². The lowest BCUT2D eigenvalue weighted by Gasteiger charge is -2.39. The van der Waals surface area contributed by atoms with E-state index in [9.17, 15) is 0 Å². The quantitative estimate of drug-likeness (QED) is 0.537. The fraction of sp³-hybridized carbons (Fsp3) is 0.227. The number of hydrogen-bond donors (Lipinski definition) is 1. The van der Waals surface area contributed by atoms with Crippen LogP contribution in [0, 0.1) is 0 Å². The number of nitrogens with one attached hydrogen (secondary N) is 1. The maximum absolute atomic E-state index is 5.84. The topological polar surface area (TPSA) is 38.7 Å². The Kier molecular flexibility index (Phi) is 5.78. The van der Waals surface area contributed by atoms with Crippen molar-refractivity contribution in [2.45, 2.75) is 12.6 Å². The number of methoxy groups -OCH3 is 2. The number of ether oxygens (including phenoxy) is 2. The molecule has 1 aromatic heterocycles. The van der Waals surface area contributed by atoms with Crippen LogP contribution < -0.4 is 14.8 Å². The highest BCUT2D eigenvalue weighted by atomic mass is 79.9. The van der Waals surface area contributed by atoms with Gasteiger partial charge in [-0.25, -0.2) is 0 Å². The molecule has 3 aromatic rings. The zero-order valence-electron chi connectivity index (χ0n) is 16.3. The van der Waals surface area contributed by atoms with E-state index in [2.05, 4.69) is 49.0 Å². The summed E-state index contributed by atoms with van der Waals surface area (Å²) in [6, 6.07) is 18.0. The molecular weight excluding hydrogens is 450 g/mol. The van der Waals surface area contributed by atoms with E-state index in [1.807, 2.05) is 42.5 Å². The molecule has 1 aliphatic rings. The highest BCUT2D eigenvalue weighted by Crippen LogP contribution is 2.39. The van der Waals surface area contributed by atoms with Gasteiger partial charge in [-0.05, 0) is 60.7 Å². The first-order valence-corrected chi connectivity index (χ1v) is 10.5. The molecule has 29 heavy (non-hydrogen) atoms. The summed E-state index contributed by atoms with van der Waals surface area (Å²) < 4.78 is 14.4. The summed E-state index contributed by atoms with van der Waals surface area (Å²) in [4.78, 5) is 2.21. The lowest BCUT2D eigenvalue weighted by Crippen LogP contribution is -2.44. The number of rotatable bonds is 4. The van der Waals surface area contributed by atoms with Crippen molar-refractivity contribution in [3.05, 3.63) is 76.5 Å². The van der Waals surface area contributed by atoms with Gasteiger partial charge in [-0.15, -0.1) is 0 Å². The molecule has 0 bridgehead atoms. The van der Waals surface area contributed by atoms with Gasteiger partial charge in [0.1, 0.15) is 17.5 Å². The van der Waals surface area contributed by atoms with Gasteiger partial charge in [-0.2, -0.15) is 0 Å². The van der Waals surface area contributed by atoms with Crippen LogP contribution in [0.2, 0.25) is 0 Å². The molecule has 4 rings (SSSR count). The van der Waals surface area contributed by atoms with Gasteiger partial charge in [-0.3, -0.25) is 0 Å². The lowest BCUT2D eigenvalue weighted by molar-refractivity contribution is 0.284. The molecule has 0 saturated carbocycles. The summed E-state index contributed by atoms with van der Waals surface area (Å²) in [5.74, 6) is 1.59. The average molecular weight is 472 g/mol. The molecule has 0 fully saturated rings. The second-order valence-corrected chi connectivity index (χ2v) is 8.07. The maximum atomic E-state index is 5.84. The summed E-state index contributed by atoms with van der Waals surface area (Å²) >= 11 is 9.36. The largest absolute Gasteiger partial charge is 0.497 e. The number of fused-ring (bicyclic) bond motifs is 1. The Morgan fingerprint density at radius 3 is 2.69 bits per heavy atom. The third kappa shape index (κ3) is 3.97. The van der Waals surface area contributed by atoms with Crippen molar-refractivity contribution in [1.82, 2.24) is 9.47 Å². The maximum Gasteiger partial charge on any atom is 0.174 e. The molecule has 5 nitrogen and oxygen atoms in total. The van der Waals surface area contributed by atoms with E-state index in [-0.39, 0.29) is 6.04 Å². The molecule has 1 aliphatic heterocycles. The number of hydrogen-bond acceptors (Lipinski definition) is 3. The number of thiocarbonyl (C=S) groups is 1. The molecule has 0 saturated heterocycles. The molecule has 0 spiro atoms. The third-order valence-electron chi connectivity index (χ3n) is 5.11. The van der Waals surface area contributed by atoms with Crippen LogP contribution in [0.15, 0.2) is 65.3 Å². The SMILES string of the molecule is COc1ccc(OC)c([C@@H]2c3cccn3CCN2C(=S)Nc2cccc(Br)c2)c1. The normalized spacial score (nSPS) is 15.6. The van der Waals surface area contributed by atoms with Gasteiger partial charge in [-0.1, -0.05) is 22.0 Å². The molecule has 1 atom stereocenters. The van der Waals surface area contributed by atoms with Gasteiger partial charge in [0.2, 0.25) is 0 Å². The average Bonchev–Trinajstić information content (AvgIpc) is 3.21. The number of nitrogens with zero attached hydrogens (tertiary/aromatic N) is 2. The minimum Gasteiger partial charge on any atom is -0.497 e. The van der Waals surface area contributed by atoms with Crippen molar-refractivity contribution < 1.29 is 9.47 Å². The van der Waals surface area contributed by atoms with Crippen LogP contribution in [0.5, 0.6) is 11.5 Å². The van der Waals surface area contributed by atoms with Gasteiger partial charge < -0.3 is 24.3 Å². The molecule has 150 valence electrons. The van der Waals surface area contributed by atoms with E-state index < -0.39 is 0 Å². The smallest absolute Gasteiger partial charge is 0.174 e. The minimum absolute atomic E-state index is 0.0871. The van der Waals surface area contributed by atoms with Crippen molar-refractivity contribution in [2.24, 2.45) is 0 Å². The van der Waals surface area contributed by atoms with Crippen molar-refractivity contribution in [1.29, 1.82) is 0 Å². The molecule has 0 aliphatic carbocycles. The molecule has 1 N–H and O–H groups in total.